The van der Waals surface area contributed by atoms with Gasteiger partial charge in [-0.2, -0.15) is 0 Å². The molecule has 82 valence electrons. The summed E-state index contributed by atoms with van der Waals surface area (Å²) in [5.74, 6) is 0.801. The van der Waals surface area contributed by atoms with Crippen LogP contribution in [-0.2, 0) is 0 Å². The number of nitrogens with two attached hydrogens (primary N) is 1. The first-order valence-corrected chi connectivity index (χ1v) is 5.62. The van der Waals surface area contributed by atoms with E-state index in [-0.39, 0.29) is 5.28 Å². The fourth-order valence-electron chi connectivity index (χ4n) is 1.89. The molecule has 1 fully saturated rings. The molecule has 1 aromatic rings. The molecule has 5 heteroatoms. The Bertz CT molecular complexity index is 323. The first-order chi connectivity index (χ1) is 7.24. The third kappa shape index (κ3) is 3.04. The Morgan fingerprint density at radius 1 is 1.33 bits per heavy atom. The van der Waals surface area contributed by atoms with Crippen LogP contribution in [0.25, 0.3) is 0 Å². The SMILES string of the molecule is N[C@H]1CC[C@H](Nc2ccnc(Cl)n2)CC1. The van der Waals surface area contributed by atoms with Crippen LogP contribution in [0.1, 0.15) is 25.7 Å². The average molecular weight is 227 g/mol. The summed E-state index contributed by atoms with van der Waals surface area (Å²) in [6.07, 6.45) is 6.02. The van der Waals surface area contributed by atoms with E-state index >= 15 is 0 Å². The molecule has 3 N–H and O–H groups in total. The van der Waals surface area contributed by atoms with Gasteiger partial charge in [-0.25, -0.2) is 9.97 Å². The molecule has 0 atom stereocenters. The summed E-state index contributed by atoms with van der Waals surface area (Å²) in [6.45, 7) is 0. The van der Waals surface area contributed by atoms with E-state index in [1.807, 2.05) is 6.07 Å². The van der Waals surface area contributed by atoms with Crippen molar-refractivity contribution in [2.75, 3.05) is 5.32 Å². The molecule has 2 rings (SSSR count). The van der Waals surface area contributed by atoms with Gasteiger partial charge in [0, 0.05) is 18.3 Å². The molecule has 15 heavy (non-hydrogen) atoms. The fraction of sp³-hybridized carbons (Fsp3) is 0.600. The molecule has 0 spiro atoms. The van der Waals surface area contributed by atoms with Crippen molar-refractivity contribution in [2.45, 2.75) is 37.8 Å². The molecule has 1 aromatic heterocycles. The van der Waals surface area contributed by atoms with Gasteiger partial charge in [0.15, 0.2) is 0 Å². The second-order valence-corrected chi connectivity index (χ2v) is 4.31. The highest BCUT2D eigenvalue weighted by atomic mass is 35.5. The Morgan fingerprint density at radius 3 is 2.73 bits per heavy atom. The van der Waals surface area contributed by atoms with Crippen molar-refractivity contribution in [1.82, 2.24) is 9.97 Å². The largest absolute Gasteiger partial charge is 0.367 e. The Hall–Kier alpha value is -0.870. The third-order valence-corrected chi connectivity index (χ3v) is 2.93. The van der Waals surface area contributed by atoms with Gasteiger partial charge in [0.2, 0.25) is 5.28 Å². The minimum atomic E-state index is 0.285. The lowest BCUT2D eigenvalue weighted by molar-refractivity contribution is 0.410. The van der Waals surface area contributed by atoms with Crippen LogP contribution < -0.4 is 11.1 Å². The van der Waals surface area contributed by atoms with Gasteiger partial charge in [0.25, 0.3) is 0 Å². The van der Waals surface area contributed by atoms with E-state index in [2.05, 4.69) is 15.3 Å². The number of hydrogen-bond donors (Lipinski definition) is 2. The lowest BCUT2D eigenvalue weighted by Crippen LogP contribution is -2.33. The molecule has 1 heterocycles. The van der Waals surface area contributed by atoms with Crippen molar-refractivity contribution in [3.05, 3.63) is 17.5 Å². The normalized spacial score (nSPS) is 26.3. The second kappa shape index (κ2) is 4.77. The smallest absolute Gasteiger partial charge is 0.224 e. The van der Waals surface area contributed by atoms with Gasteiger partial charge < -0.3 is 11.1 Å². The number of nitrogens with zero attached hydrogens (tertiary/aromatic N) is 2. The summed E-state index contributed by atoms with van der Waals surface area (Å²) in [5.41, 5.74) is 5.84. The molecule has 4 nitrogen and oxygen atoms in total. The molecule has 0 bridgehead atoms. The summed E-state index contributed by atoms with van der Waals surface area (Å²) < 4.78 is 0. The predicted octanol–water partition coefficient (Wildman–Crippen LogP) is 1.81. The maximum absolute atomic E-state index is 5.84. The standard InChI is InChI=1S/C10H15ClN4/c11-10-13-6-5-9(15-10)14-8-3-1-7(12)2-4-8/h5-8H,1-4,12H2,(H,13,14,15)/t7-,8-. The van der Waals surface area contributed by atoms with Crippen molar-refractivity contribution in [3.63, 3.8) is 0 Å². The first kappa shape index (κ1) is 10.6. The van der Waals surface area contributed by atoms with E-state index in [0.717, 1.165) is 31.5 Å². The molecule has 0 radical (unpaired) electrons. The zero-order chi connectivity index (χ0) is 10.7. The van der Waals surface area contributed by atoms with Crippen LogP contribution >= 0.6 is 11.6 Å². The quantitative estimate of drug-likeness (QED) is 0.755. The fourth-order valence-corrected chi connectivity index (χ4v) is 2.04. The highest BCUT2D eigenvalue weighted by Crippen LogP contribution is 2.20. The molecule has 0 amide bonds. The number of rotatable bonds is 2. The zero-order valence-electron chi connectivity index (χ0n) is 8.49. The van der Waals surface area contributed by atoms with E-state index in [0.29, 0.717) is 12.1 Å². The topological polar surface area (TPSA) is 63.8 Å². The lowest BCUT2D eigenvalue weighted by Gasteiger charge is -2.27. The van der Waals surface area contributed by atoms with E-state index in [1.165, 1.54) is 0 Å². The predicted molar refractivity (Wildman–Crippen MR) is 60.9 cm³/mol. The average Bonchev–Trinajstić information content (AvgIpc) is 2.22. The maximum Gasteiger partial charge on any atom is 0.224 e. The van der Waals surface area contributed by atoms with E-state index in [4.69, 9.17) is 17.3 Å². The molecule has 0 aliphatic heterocycles. The number of nitrogens with one attached hydrogen (secondary N) is 1. The highest BCUT2D eigenvalue weighted by Gasteiger charge is 2.18. The summed E-state index contributed by atoms with van der Waals surface area (Å²) in [5, 5.41) is 3.64. The molecular formula is C10H15ClN4. The van der Waals surface area contributed by atoms with Gasteiger partial charge in [-0.05, 0) is 43.4 Å². The molecule has 0 saturated heterocycles. The molecule has 0 aromatic carbocycles. The zero-order valence-corrected chi connectivity index (χ0v) is 9.24. The third-order valence-electron chi connectivity index (χ3n) is 2.75. The number of anilines is 1. The highest BCUT2D eigenvalue weighted by molar-refractivity contribution is 6.28. The van der Waals surface area contributed by atoms with Gasteiger partial charge in [-0.3, -0.25) is 0 Å². The summed E-state index contributed by atoms with van der Waals surface area (Å²) in [7, 11) is 0. The molecule has 1 aliphatic carbocycles. The minimum Gasteiger partial charge on any atom is -0.367 e. The van der Waals surface area contributed by atoms with Crippen LogP contribution in [0.2, 0.25) is 5.28 Å². The number of aromatic nitrogens is 2. The Balaban J connectivity index is 1.92. The second-order valence-electron chi connectivity index (χ2n) is 3.97. The number of halogens is 1. The van der Waals surface area contributed by atoms with Crippen molar-refractivity contribution in [1.29, 1.82) is 0 Å². The summed E-state index contributed by atoms with van der Waals surface area (Å²) >= 11 is 5.70. The van der Waals surface area contributed by atoms with Gasteiger partial charge in [-0.15, -0.1) is 0 Å². The van der Waals surface area contributed by atoms with Crippen LogP contribution in [-0.4, -0.2) is 22.1 Å². The van der Waals surface area contributed by atoms with Gasteiger partial charge in [-0.1, -0.05) is 0 Å². The summed E-state index contributed by atoms with van der Waals surface area (Å²) in [6, 6.07) is 2.67. The van der Waals surface area contributed by atoms with Crippen molar-refractivity contribution in [3.8, 4) is 0 Å². The monoisotopic (exact) mass is 226 g/mol. The van der Waals surface area contributed by atoms with Gasteiger partial charge >= 0.3 is 0 Å². The van der Waals surface area contributed by atoms with Crippen LogP contribution in [0.5, 0.6) is 0 Å². The van der Waals surface area contributed by atoms with Crippen molar-refractivity contribution in [2.24, 2.45) is 5.73 Å². The van der Waals surface area contributed by atoms with E-state index < -0.39 is 0 Å². The van der Waals surface area contributed by atoms with Gasteiger partial charge in [0.1, 0.15) is 5.82 Å². The minimum absolute atomic E-state index is 0.285. The first-order valence-electron chi connectivity index (χ1n) is 5.25. The van der Waals surface area contributed by atoms with Crippen LogP contribution in [0, 0.1) is 0 Å². The van der Waals surface area contributed by atoms with Crippen molar-refractivity contribution >= 4 is 17.4 Å². The van der Waals surface area contributed by atoms with Crippen molar-refractivity contribution < 1.29 is 0 Å². The molecule has 1 aliphatic rings. The molecule has 0 unspecified atom stereocenters. The maximum atomic E-state index is 5.84. The van der Waals surface area contributed by atoms with Crippen LogP contribution in [0.3, 0.4) is 0 Å². The van der Waals surface area contributed by atoms with E-state index in [1.54, 1.807) is 6.20 Å². The van der Waals surface area contributed by atoms with Crippen LogP contribution in [0.15, 0.2) is 12.3 Å². The molecule has 1 saturated carbocycles. The van der Waals surface area contributed by atoms with Gasteiger partial charge in [0.05, 0.1) is 0 Å². The Morgan fingerprint density at radius 2 is 2.07 bits per heavy atom. The lowest BCUT2D eigenvalue weighted by atomic mass is 9.92. The Labute approximate surface area is 94.2 Å². The summed E-state index contributed by atoms with van der Waals surface area (Å²) in [4.78, 5) is 7.94. The Kier molecular flexibility index (Phi) is 3.38. The molecular weight excluding hydrogens is 212 g/mol. The van der Waals surface area contributed by atoms with E-state index in [9.17, 15) is 0 Å². The van der Waals surface area contributed by atoms with Crippen LogP contribution in [0.4, 0.5) is 5.82 Å². The number of hydrogen-bond acceptors (Lipinski definition) is 4.